The van der Waals surface area contributed by atoms with Gasteiger partial charge in [0, 0.05) is 11.1 Å². The molecule has 2 aromatic carbocycles. The van der Waals surface area contributed by atoms with Crippen molar-refractivity contribution in [2.45, 2.75) is 12.2 Å². The maximum absolute atomic E-state index is 12.4. The van der Waals surface area contributed by atoms with Crippen molar-refractivity contribution >= 4 is 0 Å². The minimum Gasteiger partial charge on any atom is -0.348 e. The third-order valence-electron chi connectivity index (χ3n) is 2.84. The standard InChI is InChI=1S/C14H12F3N/c15-14(16,17)12-8-6-11(7-9-12)13(18)10-4-2-1-3-5-10/h1-9,13H,18H2/p+1/t13-/m0/s1. The molecule has 0 heterocycles. The summed E-state index contributed by atoms with van der Waals surface area (Å²) in [4.78, 5) is 0. The Hall–Kier alpha value is -1.81. The molecule has 0 radical (unpaired) electrons. The van der Waals surface area contributed by atoms with Crippen molar-refractivity contribution in [3.05, 3.63) is 71.3 Å². The fraction of sp³-hybridized carbons (Fsp3) is 0.143. The Morgan fingerprint density at radius 3 is 1.78 bits per heavy atom. The molecule has 1 nitrogen and oxygen atoms in total. The van der Waals surface area contributed by atoms with E-state index in [1.165, 1.54) is 12.1 Å². The summed E-state index contributed by atoms with van der Waals surface area (Å²) < 4.78 is 37.3. The first-order chi connectivity index (χ1) is 8.48. The molecular formula is C14H13F3N+. The number of hydrogen-bond acceptors (Lipinski definition) is 0. The molecule has 0 saturated heterocycles. The largest absolute Gasteiger partial charge is 0.416 e. The van der Waals surface area contributed by atoms with Crippen molar-refractivity contribution in [3.63, 3.8) is 0 Å². The van der Waals surface area contributed by atoms with Crippen LogP contribution in [0.1, 0.15) is 22.7 Å². The Morgan fingerprint density at radius 1 is 0.778 bits per heavy atom. The van der Waals surface area contributed by atoms with Crippen LogP contribution in [0.5, 0.6) is 0 Å². The van der Waals surface area contributed by atoms with E-state index in [9.17, 15) is 13.2 Å². The summed E-state index contributed by atoms with van der Waals surface area (Å²) in [5, 5.41) is 0. The minimum absolute atomic E-state index is 0.159. The molecule has 2 aromatic rings. The second-order valence-electron chi connectivity index (χ2n) is 4.08. The molecule has 0 aromatic heterocycles. The highest BCUT2D eigenvalue weighted by Crippen LogP contribution is 2.30. The normalized spacial score (nSPS) is 13.3. The fourth-order valence-electron chi connectivity index (χ4n) is 1.78. The zero-order valence-corrected chi connectivity index (χ0v) is 9.61. The molecule has 4 heteroatoms. The highest BCUT2D eigenvalue weighted by Gasteiger charge is 2.30. The maximum atomic E-state index is 12.4. The van der Waals surface area contributed by atoms with Gasteiger partial charge < -0.3 is 5.73 Å². The molecule has 0 aliphatic rings. The van der Waals surface area contributed by atoms with E-state index in [2.05, 4.69) is 5.73 Å². The lowest BCUT2D eigenvalue weighted by Gasteiger charge is -2.11. The minimum atomic E-state index is -4.29. The van der Waals surface area contributed by atoms with E-state index < -0.39 is 11.7 Å². The van der Waals surface area contributed by atoms with Gasteiger partial charge in [-0.1, -0.05) is 42.5 Å². The summed E-state index contributed by atoms with van der Waals surface area (Å²) >= 11 is 0. The van der Waals surface area contributed by atoms with Gasteiger partial charge in [0.2, 0.25) is 0 Å². The van der Waals surface area contributed by atoms with Crippen LogP contribution >= 0.6 is 0 Å². The second-order valence-corrected chi connectivity index (χ2v) is 4.08. The van der Waals surface area contributed by atoms with Crippen LogP contribution in [-0.2, 0) is 6.18 Å². The van der Waals surface area contributed by atoms with Gasteiger partial charge in [-0.25, -0.2) is 0 Å². The van der Waals surface area contributed by atoms with Crippen LogP contribution in [0.3, 0.4) is 0 Å². The van der Waals surface area contributed by atoms with Gasteiger partial charge in [0.25, 0.3) is 0 Å². The zero-order valence-electron chi connectivity index (χ0n) is 9.61. The van der Waals surface area contributed by atoms with Crippen LogP contribution in [0.4, 0.5) is 13.2 Å². The summed E-state index contributed by atoms with van der Waals surface area (Å²) in [7, 11) is 0. The van der Waals surface area contributed by atoms with E-state index in [4.69, 9.17) is 0 Å². The summed E-state index contributed by atoms with van der Waals surface area (Å²) in [6.07, 6.45) is -4.29. The number of benzene rings is 2. The van der Waals surface area contributed by atoms with Crippen molar-refractivity contribution in [3.8, 4) is 0 Å². The van der Waals surface area contributed by atoms with Gasteiger partial charge in [0.05, 0.1) is 5.56 Å². The quantitative estimate of drug-likeness (QED) is 0.850. The Labute approximate surface area is 103 Å². The van der Waals surface area contributed by atoms with Crippen molar-refractivity contribution in [2.75, 3.05) is 0 Å². The lowest BCUT2D eigenvalue weighted by Crippen LogP contribution is -2.54. The average molecular weight is 252 g/mol. The number of rotatable bonds is 2. The highest BCUT2D eigenvalue weighted by atomic mass is 19.4. The van der Waals surface area contributed by atoms with E-state index in [0.29, 0.717) is 0 Å². The lowest BCUT2D eigenvalue weighted by molar-refractivity contribution is -0.411. The summed E-state index contributed by atoms with van der Waals surface area (Å²) in [5.41, 5.74) is 5.11. The molecule has 0 spiro atoms. The van der Waals surface area contributed by atoms with Gasteiger partial charge in [0.1, 0.15) is 6.04 Å². The zero-order chi connectivity index (χ0) is 13.2. The average Bonchev–Trinajstić information content (AvgIpc) is 2.38. The molecule has 94 valence electrons. The summed E-state index contributed by atoms with van der Waals surface area (Å²) in [6, 6.07) is 14.5. The second kappa shape index (κ2) is 4.82. The van der Waals surface area contributed by atoms with Crippen LogP contribution in [0, 0.1) is 0 Å². The summed E-state index contributed by atoms with van der Waals surface area (Å²) in [6.45, 7) is 0. The smallest absolute Gasteiger partial charge is 0.348 e. The van der Waals surface area contributed by atoms with Crippen LogP contribution < -0.4 is 5.73 Å². The van der Waals surface area contributed by atoms with Gasteiger partial charge >= 0.3 is 6.18 Å². The van der Waals surface area contributed by atoms with Crippen molar-refractivity contribution < 1.29 is 18.9 Å². The van der Waals surface area contributed by atoms with Crippen molar-refractivity contribution in [1.29, 1.82) is 0 Å². The highest BCUT2D eigenvalue weighted by molar-refractivity contribution is 5.32. The van der Waals surface area contributed by atoms with Gasteiger partial charge in [-0.2, -0.15) is 13.2 Å². The molecule has 1 atom stereocenters. The maximum Gasteiger partial charge on any atom is 0.416 e. The van der Waals surface area contributed by atoms with Gasteiger partial charge in [-0.15, -0.1) is 0 Å². The first kappa shape index (κ1) is 12.6. The van der Waals surface area contributed by atoms with E-state index in [1.807, 2.05) is 30.3 Å². The third kappa shape index (κ3) is 2.71. The SMILES string of the molecule is [NH3+][C@@H](c1ccccc1)c1ccc(C(F)(F)F)cc1. The van der Waals surface area contributed by atoms with E-state index >= 15 is 0 Å². The van der Waals surface area contributed by atoms with Crippen LogP contribution in [0.25, 0.3) is 0 Å². The van der Waals surface area contributed by atoms with E-state index in [0.717, 1.165) is 23.3 Å². The molecule has 3 N–H and O–H groups in total. The molecular weight excluding hydrogens is 239 g/mol. The van der Waals surface area contributed by atoms with E-state index in [1.54, 1.807) is 0 Å². The first-order valence-electron chi connectivity index (χ1n) is 5.53. The third-order valence-corrected chi connectivity index (χ3v) is 2.84. The Bertz CT molecular complexity index is 503. The molecule has 0 fully saturated rings. The fourth-order valence-corrected chi connectivity index (χ4v) is 1.78. The molecule has 18 heavy (non-hydrogen) atoms. The van der Waals surface area contributed by atoms with Crippen molar-refractivity contribution in [1.82, 2.24) is 0 Å². The molecule has 0 aliphatic carbocycles. The Balaban J connectivity index is 2.25. The molecule has 0 bridgehead atoms. The number of hydrogen-bond donors (Lipinski definition) is 1. The van der Waals surface area contributed by atoms with Gasteiger partial charge in [0.15, 0.2) is 0 Å². The Kier molecular flexibility index (Phi) is 3.39. The van der Waals surface area contributed by atoms with Gasteiger partial charge in [-0.3, -0.25) is 0 Å². The number of quaternary nitrogens is 1. The molecule has 0 amide bonds. The first-order valence-corrected chi connectivity index (χ1v) is 5.53. The molecule has 0 aliphatic heterocycles. The molecule has 0 saturated carbocycles. The number of alkyl halides is 3. The summed E-state index contributed by atoms with van der Waals surface area (Å²) in [5.74, 6) is 0. The molecule has 0 unspecified atom stereocenters. The molecule has 2 rings (SSSR count). The topological polar surface area (TPSA) is 27.6 Å². The predicted octanol–water partition coefficient (Wildman–Crippen LogP) is 3.04. The van der Waals surface area contributed by atoms with Crippen LogP contribution in [0.15, 0.2) is 54.6 Å². The van der Waals surface area contributed by atoms with Crippen LogP contribution in [-0.4, -0.2) is 0 Å². The van der Waals surface area contributed by atoms with E-state index in [-0.39, 0.29) is 6.04 Å². The predicted molar refractivity (Wildman–Crippen MR) is 62.6 cm³/mol. The Morgan fingerprint density at radius 2 is 1.28 bits per heavy atom. The van der Waals surface area contributed by atoms with Crippen LogP contribution in [0.2, 0.25) is 0 Å². The van der Waals surface area contributed by atoms with Gasteiger partial charge in [-0.05, 0) is 12.1 Å². The monoisotopic (exact) mass is 252 g/mol. The lowest BCUT2D eigenvalue weighted by atomic mass is 9.98. The van der Waals surface area contributed by atoms with Crippen molar-refractivity contribution in [2.24, 2.45) is 0 Å². The number of halogens is 3.